The molecule has 0 amide bonds. The maximum atomic E-state index is 11.5. The maximum Gasteiger partial charge on any atom is 0.339 e. The zero-order valence-corrected chi connectivity index (χ0v) is 16.5. The van der Waals surface area contributed by atoms with Gasteiger partial charge in [0.2, 0.25) is 5.95 Å². The second-order valence-electron chi connectivity index (χ2n) is 5.78. The molecule has 1 aromatic carbocycles. The van der Waals surface area contributed by atoms with Crippen LogP contribution in [0.2, 0.25) is 0 Å². The summed E-state index contributed by atoms with van der Waals surface area (Å²) >= 11 is 3.35. The van der Waals surface area contributed by atoms with Crippen LogP contribution in [0.5, 0.6) is 0 Å². The van der Waals surface area contributed by atoms with Crippen LogP contribution in [-0.2, 0) is 0 Å². The van der Waals surface area contributed by atoms with E-state index in [0.29, 0.717) is 30.2 Å². The third kappa shape index (κ3) is 5.23. The number of aromatic carboxylic acids is 1. The van der Waals surface area contributed by atoms with Gasteiger partial charge in [0, 0.05) is 35.4 Å². The first-order valence-electron chi connectivity index (χ1n) is 8.38. The monoisotopic (exact) mass is 458 g/mol. The van der Waals surface area contributed by atoms with Crippen molar-refractivity contribution in [3.63, 3.8) is 0 Å². The van der Waals surface area contributed by atoms with Crippen LogP contribution in [0.15, 0.2) is 53.3 Å². The number of pyridine rings is 1. The minimum Gasteiger partial charge on any atom is -0.478 e. The average Bonchev–Trinajstić information content (AvgIpc) is 2.72. The number of carbonyl (C=O) groups is 1. The standard InChI is InChI=1S/C18H15BrN6O4/c19-12-3-1-11(2-4-12)16-14(17(26)27)10-23-18(24-16)21-8-7-20-15-6-5-13(9-22-15)25(28)29/h1-6,9-10H,7-8H2,(H,20,22)(H,26,27)(H,21,23,24). The van der Waals surface area contributed by atoms with Crippen LogP contribution >= 0.6 is 15.9 Å². The molecule has 2 aromatic heterocycles. The summed E-state index contributed by atoms with van der Waals surface area (Å²) < 4.78 is 0.872. The molecule has 0 atom stereocenters. The number of hydrogen-bond donors (Lipinski definition) is 3. The molecule has 10 nitrogen and oxygen atoms in total. The van der Waals surface area contributed by atoms with E-state index in [2.05, 4.69) is 41.5 Å². The number of carboxylic acids is 1. The molecule has 0 aliphatic rings. The van der Waals surface area contributed by atoms with Gasteiger partial charge in [0.05, 0.1) is 10.6 Å². The molecule has 29 heavy (non-hydrogen) atoms. The van der Waals surface area contributed by atoms with Gasteiger partial charge >= 0.3 is 5.97 Å². The van der Waals surface area contributed by atoms with E-state index < -0.39 is 10.9 Å². The molecule has 3 N–H and O–H groups in total. The third-order valence-corrected chi connectivity index (χ3v) is 4.34. The van der Waals surface area contributed by atoms with Gasteiger partial charge in [-0.3, -0.25) is 10.1 Å². The Bertz CT molecular complexity index is 1030. The minimum atomic E-state index is -1.11. The van der Waals surface area contributed by atoms with Gasteiger partial charge in [-0.05, 0) is 18.2 Å². The molecular weight excluding hydrogens is 444 g/mol. The molecule has 0 saturated carbocycles. The fourth-order valence-corrected chi connectivity index (χ4v) is 2.68. The summed E-state index contributed by atoms with van der Waals surface area (Å²) in [4.78, 5) is 33.9. The summed E-state index contributed by atoms with van der Waals surface area (Å²) in [6.45, 7) is 0.868. The van der Waals surface area contributed by atoms with E-state index in [1.807, 2.05) is 0 Å². The van der Waals surface area contributed by atoms with Crippen molar-refractivity contribution in [2.24, 2.45) is 0 Å². The van der Waals surface area contributed by atoms with E-state index in [1.165, 1.54) is 24.5 Å². The lowest BCUT2D eigenvalue weighted by Gasteiger charge is -2.10. The third-order valence-electron chi connectivity index (χ3n) is 3.81. The van der Waals surface area contributed by atoms with Crippen molar-refractivity contribution >= 4 is 39.4 Å². The van der Waals surface area contributed by atoms with Crippen molar-refractivity contribution in [2.75, 3.05) is 23.7 Å². The van der Waals surface area contributed by atoms with Gasteiger partial charge in [-0.25, -0.2) is 19.7 Å². The predicted octanol–water partition coefficient (Wildman–Crippen LogP) is 3.43. The molecule has 0 saturated heterocycles. The molecule has 0 aliphatic heterocycles. The molecule has 2 heterocycles. The Morgan fingerprint density at radius 3 is 2.41 bits per heavy atom. The molecule has 0 bridgehead atoms. The number of nitrogens with one attached hydrogen (secondary N) is 2. The summed E-state index contributed by atoms with van der Waals surface area (Å²) in [5.41, 5.74) is 0.892. The molecule has 3 rings (SSSR count). The lowest BCUT2D eigenvalue weighted by atomic mass is 10.1. The number of rotatable bonds is 8. The Hall–Kier alpha value is -3.60. The van der Waals surface area contributed by atoms with E-state index in [-0.39, 0.29) is 17.2 Å². The molecule has 0 aliphatic carbocycles. The van der Waals surface area contributed by atoms with E-state index in [4.69, 9.17) is 0 Å². The smallest absolute Gasteiger partial charge is 0.339 e. The minimum absolute atomic E-state index is 0.00563. The number of halogens is 1. The van der Waals surface area contributed by atoms with E-state index >= 15 is 0 Å². The number of nitrogens with zero attached hydrogens (tertiary/aromatic N) is 4. The maximum absolute atomic E-state index is 11.5. The molecular formula is C18H15BrN6O4. The largest absolute Gasteiger partial charge is 0.478 e. The van der Waals surface area contributed by atoms with Crippen molar-refractivity contribution in [1.82, 2.24) is 15.0 Å². The Kier molecular flexibility index (Phi) is 6.29. The van der Waals surface area contributed by atoms with E-state index in [9.17, 15) is 20.0 Å². The number of hydrogen-bond acceptors (Lipinski definition) is 8. The Morgan fingerprint density at radius 2 is 1.79 bits per heavy atom. The van der Waals surface area contributed by atoms with Gasteiger partial charge in [-0.1, -0.05) is 28.1 Å². The zero-order valence-electron chi connectivity index (χ0n) is 14.9. The summed E-state index contributed by atoms with van der Waals surface area (Å²) in [6, 6.07) is 10.0. The van der Waals surface area contributed by atoms with Gasteiger partial charge in [-0.15, -0.1) is 0 Å². The van der Waals surface area contributed by atoms with Crippen LogP contribution in [0.3, 0.4) is 0 Å². The fraction of sp³-hybridized carbons (Fsp3) is 0.111. The van der Waals surface area contributed by atoms with Crippen molar-refractivity contribution in [3.05, 3.63) is 68.9 Å². The highest BCUT2D eigenvalue weighted by Crippen LogP contribution is 2.24. The lowest BCUT2D eigenvalue weighted by molar-refractivity contribution is -0.385. The second-order valence-corrected chi connectivity index (χ2v) is 6.70. The zero-order chi connectivity index (χ0) is 20.8. The van der Waals surface area contributed by atoms with Crippen molar-refractivity contribution in [3.8, 4) is 11.3 Å². The highest BCUT2D eigenvalue weighted by atomic mass is 79.9. The van der Waals surface area contributed by atoms with Crippen LogP contribution in [0, 0.1) is 10.1 Å². The number of carboxylic acid groups (broad SMARTS) is 1. The highest BCUT2D eigenvalue weighted by molar-refractivity contribution is 9.10. The van der Waals surface area contributed by atoms with Gasteiger partial charge in [0.25, 0.3) is 5.69 Å². The van der Waals surface area contributed by atoms with Crippen LogP contribution in [0.4, 0.5) is 17.5 Å². The van der Waals surface area contributed by atoms with Crippen molar-refractivity contribution < 1.29 is 14.8 Å². The summed E-state index contributed by atoms with van der Waals surface area (Å²) in [7, 11) is 0. The van der Waals surface area contributed by atoms with Gasteiger partial charge in [0.1, 0.15) is 17.6 Å². The molecule has 0 fully saturated rings. The number of nitro groups is 1. The Labute approximate surface area is 173 Å². The van der Waals surface area contributed by atoms with Crippen molar-refractivity contribution in [2.45, 2.75) is 0 Å². The van der Waals surface area contributed by atoms with Crippen LogP contribution < -0.4 is 10.6 Å². The molecule has 0 unspecified atom stereocenters. The molecule has 3 aromatic rings. The van der Waals surface area contributed by atoms with E-state index in [1.54, 1.807) is 24.3 Å². The number of anilines is 2. The molecule has 0 spiro atoms. The topological polar surface area (TPSA) is 143 Å². The Morgan fingerprint density at radius 1 is 1.07 bits per heavy atom. The normalized spacial score (nSPS) is 10.4. The quantitative estimate of drug-likeness (QED) is 0.262. The summed E-state index contributed by atoms with van der Waals surface area (Å²) in [5, 5.41) is 26.0. The van der Waals surface area contributed by atoms with Crippen LogP contribution in [0.25, 0.3) is 11.3 Å². The molecule has 11 heteroatoms. The second kappa shape index (κ2) is 9.06. The first-order chi connectivity index (χ1) is 13.9. The fourth-order valence-electron chi connectivity index (χ4n) is 2.41. The van der Waals surface area contributed by atoms with Gasteiger partial charge in [0.15, 0.2) is 0 Å². The summed E-state index contributed by atoms with van der Waals surface area (Å²) in [5.74, 6) is -0.332. The van der Waals surface area contributed by atoms with Crippen LogP contribution in [-0.4, -0.2) is 44.0 Å². The highest BCUT2D eigenvalue weighted by Gasteiger charge is 2.15. The first kappa shape index (κ1) is 20.1. The van der Waals surface area contributed by atoms with E-state index in [0.717, 1.165) is 4.47 Å². The lowest BCUT2D eigenvalue weighted by Crippen LogP contribution is -2.16. The summed E-state index contributed by atoms with van der Waals surface area (Å²) in [6.07, 6.45) is 2.44. The number of benzene rings is 1. The number of aromatic nitrogens is 3. The van der Waals surface area contributed by atoms with Gasteiger partial charge in [-0.2, -0.15) is 0 Å². The predicted molar refractivity (Wildman–Crippen MR) is 110 cm³/mol. The SMILES string of the molecule is O=C(O)c1cnc(NCCNc2ccc([N+](=O)[O-])cn2)nc1-c1ccc(Br)cc1. The van der Waals surface area contributed by atoms with Gasteiger partial charge < -0.3 is 15.7 Å². The van der Waals surface area contributed by atoms with Crippen molar-refractivity contribution in [1.29, 1.82) is 0 Å². The van der Waals surface area contributed by atoms with Crippen LogP contribution in [0.1, 0.15) is 10.4 Å². The first-order valence-corrected chi connectivity index (χ1v) is 9.18. The Balaban J connectivity index is 1.65. The molecule has 0 radical (unpaired) electrons. The molecule has 148 valence electrons. The average molecular weight is 459 g/mol.